The number of aliphatic hydroxyl groups is 1. The molecule has 0 bridgehead atoms. The highest BCUT2D eigenvalue weighted by Crippen LogP contribution is 2.31. The Morgan fingerprint density at radius 2 is 2.21 bits per heavy atom. The van der Waals surface area contributed by atoms with Crippen LogP contribution in [0.3, 0.4) is 0 Å². The number of anilines is 1. The van der Waals surface area contributed by atoms with E-state index in [0.29, 0.717) is 25.5 Å². The number of aromatic nitrogens is 1. The van der Waals surface area contributed by atoms with Crippen LogP contribution in [0.1, 0.15) is 11.1 Å². The maximum Gasteiger partial charge on any atom is 0.228 e. The number of pyridine rings is 1. The summed E-state index contributed by atoms with van der Waals surface area (Å²) in [5.74, 6) is -0.237. The third kappa shape index (κ3) is 3.67. The van der Waals surface area contributed by atoms with Crippen molar-refractivity contribution in [2.75, 3.05) is 5.32 Å². The monoisotopic (exact) mass is 316 g/mol. The Kier molecular flexibility index (Phi) is 4.76. The molecule has 0 aromatic carbocycles. The maximum atomic E-state index is 11.9. The first-order chi connectivity index (χ1) is 9.10. The van der Waals surface area contributed by atoms with Crippen molar-refractivity contribution in [1.29, 1.82) is 0 Å². The number of carbonyl (C=O) groups excluding carboxylic acids is 1. The first-order valence-electron chi connectivity index (χ1n) is 5.37. The molecule has 0 aliphatic rings. The van der Waals surface area contributed by atoms with Gasteiger partial charge in [-0.3, -0.25) is 9.78 Å². The average molecular weight is 317 g/mol. The van der Waals surface area contributed by atoms with Crippen LogP contribution in [0.15, 0.2) is 24.5 Å². The minimum absolute atomic E-state index is 0.127. The molecule has 2 rings (SSSR count). The molecule has 19 heavy (non-hydrogen) atoms. The molecular formula is C12H10Cl2N2O2S. The van der Waals surface area contributed by atoms with E-state index in [1.54, 1.807) is 18.3 Å². The highest BCUT2D eigenvalue weighted by atomic mass is 35.5. The molecule has 4 nitrogen and oxygen atoms in total. The molecule has 0 saturated heterocycles. The fraction of sp³-hybridized carbons (Fsp3) is 0.167. The summed E-state index contributed by atoms with van der Waals surface area (Å²) in [5, 5.41) is 11.8. The number of hydrogen-bond donors (Lipinski definition) is 2. The minimum Gasteiger partial charge on any atom is -0.392 e. The maximum absolute atomic E-state index is 11.9. The van der Waals surface area contributed by atoms with Gasteiger partial charge in [-0.2, -0.15) is 0 Å². The second-order valence-electron chi connectivity index (χ2n) is 3.77. The average Bonchev–Trinajstić information content (AvgIpc) is 2.68. The SMILES string of the molecule is O=C(Cc1cc(Cl)sc1Cl)Nc1cnccc1CO. The zero-order chi connectivity index (χ0) is 13.8. The molecule has 0 unspecified atom stereocenters. The summed E-state index contributed by atoms with van der Waals surface area (Å²) in [6.07, 6.45) is 3.17. The molecule has 0 fully saturated rings. The van der Waals surface area contributed by atoms with Gasteiger partial charge in [0.25, 0.3) is 0 Å². The Morgan fingerprint density at radius 1 is 1.42 bits per heavy atom. The van der Waals surface area contributed by atoms with Crippen LogP contribution < -0.4 is 5.32 Å². The number of thiophene rings is 1. The first kappa shape index (κ1) is 14.3. The summed E-state index contributed by atoms with van der Waals surface area (Å²) in [6.45, 7) is -0.164. The van der Waals surface area contributed by atoms with Gasteiger partial charge >= 0.3 is 0 Å². The van der Waals surface area contributed by atoms with Crippen LogP contribution in [0.4, 0.5) is 5.69 Å². The summed E-state index contributed by atoms with van der Waals surface area (Å²) in [5.41, 5.74) is 1.79. The molecule has 2 N–H and O–H groups in total. The fourth-order valence-corrected chi connectivity index (χ4v) is 3.02. The van der Waals surface area contributed by atoms with Crippen LogP contribution in [-0.4, -0.2) is 16.0 Å². The third-order valence-electron chi connectivity index (χ3n) is 2.43. The number of carbonyl (C=O) groups is 1. The van der Waals surface area contributed by atoms with Gasteiger partial charge in [0.1, 0.15) is 0 Å². The molecule has 2 aromatic heterocycles. The molecule has 100 valence electrons. The van der Waals surface area contributed by atoms with Crippen LogP contribution in [-0.2, 0) is 17.8 Å². The van der Waals surface area contributed by atoms with Gasteiger partial charge in [0.15, 0.2) is 0 Å². The highest BCUT2D eigenvalue weighted by Gasteiger charge is 2.12. The summed E-state index contributed by atoms with van der Waals surface area (Å²) in [4.78, 5) is 15.8. The van der Waals surface area contributed by atoms with Gasteiger partial charge in [-0.25, -0.2) is 0 Å². The van der Waals surface area contributed by atoms with E-state index in [1.165, 1.54) is 17.5 Å². The van der Waals surface area contributed by atoms with Gasteiger partial charge in [0.05, 0.1) is 33.6 Å². The molecule has 0 aliphatic heterocycles. The van der Waals surface area contributed by atoms with E-state index >= 15 is 0 Å². The van der Waals surface area contributed by atoms with E-state index in [4.69, 9.17) is 28.3 Å². The summed E-state index contributed by atoms with van der Waals surface area (Å²) < 4.78 is 1.05. The van der Waals surface area contributed by atoms with E-state index in [-0.39, 0.29) is 18.9 Å². The fourth-order valence-electron chi connectivity index (χ4n) is 1.54. The molecule has 0 aliphatic carbocycles. The largest absolute Gasteiger partial charge is 0.392 e. The zero-order valence-electron chi connectivity index (χ0n) is 9.69. The number of halogens is 2. The van der Waals surface area contributed by atoms with Crippen LogP contribution in [0.5, 0.6) is 0 Å². The third-order valence-corrected chi connectivity index (χ3v) is 4.00. The number of hydrogen-bond acceptors (Lipinski definition) is 4. The molecular weight excluding hydrogens is 307 g/mol. The van der Waals surface area contributed by atoms with Gasteiger partial charge in [0.2, 0.25) is 5.91 Å². The van der Waals surface area contributed by atoms with Crippen molar-refractivity contribution in [3.05, 3.63) is 44.3 Å². The van der Waals surface area contributed by atoms with Crippen molar-refractivity contribution in [2.45, 2.75) is 13.0 Å². The minimum atomic E-state index is -0.237. The summed E-state index contributed by atoms with van der Waals surface area (Å²) >= 11 is 13.0. The molecule has 1 amide bonds. The Balaban J connectivity index is 2.07. The number of nitrogens with zero attached hydrogens (tertiary/aromatic N) is 1. The lowest BCUT2D eigenvalue weighted by Crippen LogP contribution is -2.15. The lowest BCUT2D eigenvalue weighted by Gasteiger charge is -2.08. The molecule has 7 heteroatoms. The van der Waals surface area contributed by atoms with Crippen LogP contribution in [0, 0.1) is 0 Å². The van der Waals surface area contributed by atoms with E-state index in [2.05, 4.69) is 10.3 Å². The van der Waals surface area contributed by atoms with Gasteiger partial charge in [0, 0.05) is 11.8 Å². The van der Waals surface area contributed by atoms with Crippen LogP contribution in [0.25, 0.3) is 0 Å². The van der Waals surface area contributed by atoms with Gasteiger partial charge < -0.3 is 10.4 Å². The van der Waals surface area contributed by atoms with Crippen molar-refractivity contribution in [3.8, 4) is 0 Å². The number of nitrogens with one attached hydrogen (secondary N) is 1. The number of aliphatic hydroxyl groups excluding tert-OH is 1. The zero-order valence-corrected chi connectivity index (χ0v) is 12.0. The smallest absolute Gasteiger partial charge is 0.228 e. The van der Waals surface area contributed by atoms with Crippen molar-refractivity contribution in [1.82, 2.24) is 4.98 Å². The predicted octanol–water partition coefficient (Wildman–Crippen LogP) is 3.12. The quantitative estimate of drug-likeness (QED) is 0.911. The topological polar surface area (TPSA) is 62.2 Å². The second kappa shape index (κ2) is 6.34. The van der Waals surface area contributed by atoms with Crippen molar-refractivity contribution in [3.63, 3.8) is 0 Å². The Bertz CT molecular complexity index is 601. The lowest BCUT2D eigenvalue weighted by atomic mass is 10.2. The van der Waals surface area contributed by atoms with E-state index < -0.39 is 0 Å². The summed E-state index contributed by atoms with van der Waals surface area (Å²) in [6, 6.07) is 3.31. The van der Waals surface area contributed by atoms with E-state index in [1.807, 2.05) is 0 Å². The number of amides is 1. The van der Waals surface area contributed by atoms with E-state index in [0.717, 1.165) is 0 Å². The molecule has 0 atom stereocenters. The highest BCUT2D eigenvalue weighted by molar-refractivity contribution is 7.20. The Hall–Kier alpha value is -1.14. The van der Waals surface area contributed by atoms with Gasteiger partial charge in [-0.1, -0.05) is 23.2 Å². The lowest BCUT2D eigenvalue weighted by molar-refractivity contribution is -0.115. The molecule has 0 radical (unpaired) electrons. The second-order valence-corrected chi connectivity index (χ2v) is 6.05. The van der Waals surface area contributed by atoms with Crippen LogP contribution in [0.2, 0.25) is 8.67 Å². The first-order valence-corrected chi connectivity index (χ1v) is 6.94. The molecule has 0 spiro atoms. The Morgan fingerprint density at radius 3 is 2.84 bits per heavy atom. The van der Waals surface area contributed by atoms with E-state index in [9.17, 15) is 4.79 Å². The molecule has 2 heterocycles. The van der Waals surface area contributed by atoms with Crippen LogP contribution >= 0.6 is 34.5 Å². The Labute approximate surface area is 124 Å². The van der Waals surface area contributed by atoms with Gasteiger partial charge in [-0.05, 0) is 17.7 Å². The van der Waals surface area contributed by atoms with Crippen molar-refractivity contribution in [2.24, 2.45) is 0 Å². The normalized spacial score (nSPS) is 10.5. The summed E-state index contributed by atoms with van der Waals surface area (Å²) in [7, 11) is 0. The molecule has 0 saturated carbocycles. The molecule has 2 aromatic rings. The standard InChI is InChI=1S/C12H10Cl2N2O2S/c13-10-3-8(12(14)19-10)4-11(18)16-9-5-15-2-1-7(9)6-17/h1-3,5,17H,4,6H2,(H,16,18). The predicted molar refractivity (Wildman–Crippen MR) is 76.8 cm³/mol. The number of rotatable bonds is 4. The van der Waals surface area contributed by atoms with Crippen molar-refractivity contribution < 1.29 is 9.90 Å². The van der Waals surface area contributed by atoms with Gasteiger partial charge in [-0.15, -0.1) is 11.3 Å². The van der Waals surface area contributed by atoms with Crippen molar-refractivity contribution >= 4 is 46.1 Å².